The van der Waals surface area contributed by atoms with Crippen molar-refractivity contribution in [3.63, 3.8) is 0 Å². The molecule has 0 saturated carbocycles. The maximum absolute atomic E-state index is 12.4. The molecule has 1 heterocycles. The molecule has 2 atom stereocenters. The summed E-state index contributed by atoms with van der Waals surface area (Å²) in [5, 5.41) is 3.03. The first-order chi connectivity index (χ1) is 13.2. The SMILES string of the molecule is CC(CCC1CCCN(CCc2ccccc2)C1)C(=O)Nc1ccccc1. The first-order valence-corrected chi connectivity index (χ1v) is 10.3. The Kier molecular flexibility index (Phi) is 7.46. The lowest BCUT2D eigenvalue weighted by molar-refractivity contribution is -0.119. The van der Waals surface area contributed by atoms with Crippen LogP contribution in [0.15, 0.2) is 60.7 Å². The Morgan fingerprint density at radius 1 is 1.11 bits per heavy atom. The van der Waals surface area contributed by atoms with E-state index in [-0.39, 0.29) is 11.8 Å². The summed E-state index contributed by atoms with van der Waals surface area (Å²) in [6, 6.07) is 20.5. The highest BCUT2D eigenvalue weighted by atomic mass is 16.1. The van der Waals surface area contributed by atoms with Crippen LogP contribution in [-0.2, 0) is 11.2 Å². The normalized spacial score (nSPS) is 18.8. The van der Waals surface area contributed by atoms with E-state index >= 15 is 0 Å². The molecule has 1 aliphatic rings. The zero-order valence-corrected chi connectivity index (χ0v) is 16.4. The van der Waals surface area contributed by atoms with Crippen LogP contribution in [0.5, 0.6) is 0 Å². The quantitative estimate of drug-likeness (QED) is 0.715. The van der Waals surface area contributed by atoms with Crippen LogP contribution in [0.3, 0.4) is 0 Å². The zero-order chi connectivity index (χ0) is 18.9. The van der Waals surface area contributed by atoms with E-state index in [9.17, 15) is 4.79 Å². The van der Waals surface area contributed by atoms with Crippen molar-refractivity contribution in [2.45, 2.75) is 39.0 Å². The Morgan fingerprint density at radius 3 is 2.56 bits per heavy atom. The van der Waals surface area contributed by atoms with Crippen LogP contribution < -0.4 is 5.32 Å². The number of carbonyl (C=O) groups is 1. The fraction of sp³-hybridized carbons (Fsp3) is 0.458. The topological polar surface area (TPSA) is 32.3 Å². The van der Waals surface area contributed by atoms with Gasteiger partial charge in [-0.25, -0.2) is 0 Å². The van der Waals surface area contributed by atoms with Crippen LogP contribution in [0.1, 0.15) is 38.2 Å². The summed E-state index contributed by atoms with van der Waals surface area (Å²) in [6.45, 7) is 5.59. The van der Waals surface area contributed by atoms with Crippen molar-refractivity contribution in [2.24, 2.45) is 11.8 Å². The zero-order valence-electron chi connectivity index (χ0n) is 16.4. The van der Waals surface area contributed by atoms with Gasteiger partial charge in [0.2, 0.25) is 5.91 Å². The summed E-state index contributed by atoms with van der Waals surface area (Å²) in [6.07, 6.45) is 5.82. The molecule has 3 heteroatoms. The Bertz CT molecular complexity index is 686. The van der Waals surface area contributed by atoms with E-state index in [1.807, 2.05) is 37.3 Å². The van der Waals surface area contributed by atoms with E-state index in [0.717, 1.165) is 37.4 Å². The molecule has 1 saturated heterocycles. The number of amides is 1. The Labute approximate surface area is 163 Å². The number of nitrogens with one attached hydrogen (secondary N) is 1. The number of hydrogen-bond acceptors (Lipinski definition) is 2. The molecule has 1 amide bonds. The highest BCUT2D eigenvalue weighted by Crippen LogP contribution is 2.24. The van der Waals surface area contributed by atoms with Gasteiger partial charge in [-0.1, -0.05) is 55.5 Å². The second-order valence-electron chi connectivity index (χ2n) is 7.88. The van der Waals surface area contributed by atoms with Crippen LogP contribution >= 0.6 is 0 Å². The minimum atomic E-state index is 0.0601. The standard InChI is InChI=1S/C24H32N2O/c1-20(24(27)25-23-12-6-3-7-13-23)14-15-22-11-8-17-26(19-22)18-16-21-9-4-2-5-10-21/h2-7,9-10,12-13,20,22H,8,11,14-19H2,1H3,(H,25,27). The predicted octanol–water partition coefficient (Wildman–Crippen LogP) is 5.00. The van der Waals surface area contributed by atoms with Crippen molar-refractivity contribution in [1.29, 1.82) is 0 Å². The number of piperidine rings is 1. The fourth-order valence-corrected chi connectivity index (χ4v) is 3.93. The summed E-state index contributed by atoms with van der Waals surface area (Å²) < 4.78 is 0. The number of likely N-dealkylation sites (tertiary alicyclic amines) is 1. The first-order valence-electron chi connectivity index (χ1n) is 10.3. The van der Waals surface area contributed by atoms with Gasteiger partial charge in [-0.2, -0.15) is 0 Å². The van der Waals surface area contributed by atoms with Gasteiger partial charge in [0, 0.05) is 24.7 Å². The van der Waals surface area contributed by atoms with Gasteiger partial charge in [0.1, 0.15) is 0 Å². The molecule has 0 radical (unpaired) electrons. The minimum Gasteiger partial charge on any atom is -0.326 e. The second kappa shape index (κ2) is 10.3. The van der Waals surface area contributed by atoms with Crippen LogP contribution in [0.4, 0.5) is 5.69 Å². The maximum Gasteiger partial charge on any atom is 0.227 e. The fourth-order valence-electron chi connectivity index (χ4n) is 3.93. The van der Waals surface area contributed by atoms with Gasteiger partial charge in [0.25, 0.3) is 0 Å². The average Bonchev–Trinajstić information content (AvgIpc) is 2.72. The van der Waals surface area contributed by atoms with Crippen molar-refractivity contribution < 1.29 is 4.79 Å². The molecule has 2 aromatic carbocycles. The summed E-state index contributed by atoms with van der Waals surface area (Å²) >= 11 is 0. The largest absolute Gasteiger partial charge is 0.326 e. The van der Waals surface area contributed by atoms with Gasteiger partial charge < -0.3 is 10.2 Å². The van der Waals surface area contributed by atoms with Crippen LogP contribution in [0.25, 0.3) is 0 Å². The molecule has 1 N–H and O–H groups in total. The Balaban J connectivity index is 1.39. The number of rotatable bonds is 8. The highest BCUT2D eigenvalue weighted by molar-refractivity contribution is 5.92. The van der Waals surface area contributed by atoms with E-state index in [1.54, 1.807) is 0 Å². The van der Waals surface area contributed by atoms with Gasteiger partial charge >= 0.3 is 0 Å². The molecule has 144 valence electrons. The molecule has 0 spiro atoms. The van der Waals surface area contributed by atoms with Gasteiger partial charge in [-0.3, -0.25) is 4.79 Å². The lowest BCUT2D eigenvalue weighted by Crippen LogP contribution is -2.37. The molecule has 2 aromatic rings. The molecule has 1 aliphatic heterocycles. The molecule has 0 aromatic heterocycles. The highest BCUT2D eigenvalue weighted by Gasteiger charge is 2.21. The van der Waals surface area contributed by atoms with Crippen LogP contribution in [0.2, 0.25) is 0 Å². The summed E-state index contributed by atoms with van der Waals surface area (Å²) in [7, 11) is 0. The summed E-state index contributed by atoms with van der Waals surface area (Å²) in [5.74, 6) is 0.921. The number of anilines is 1. The molecule has 1 fully saturated rings. The molecule has 3 nitrogen and oxygen atoms in total. The molecule has 0 bridgehead atoms. The second-order valence-corrected chi connectivity index (χ2v) is 7.88. The Hall–Kier alpha value is -2.13. The number of hydrogen-bond donors (Lipinski definition) is 1. The predicted molar refractivity (Wildman–Crippen MR) is 113 cm³/mol. The van der Waals surface area contributed by atoms with Crippen molar-refractivity contribution in [1.82, 2.24) is 4.90 Å². The number of carbonyl (C=O) groups excluding carboxylic acids is 1. The third-order valence-corrected chi connectivity index (χ3v) is 5.66. The lowest BCUT2D eigenvalue weighted by Gasteiger charge is -2.33. The number of nitrogens with zero attached hydrogens (tertiary/aromatic N) is 1. The van der Waals surface area contributed by atoms with Gasteiger partial charge in [0.05, 0.1) is 0 Å². The molecule has 27 heavy (non-hydrogen) atoms. The van der Waals surface area contributed by atoms with E-state index in [2.05, 4.69) is 40.5 Å². The van der Waals surface area contributed by atoms with Crippen molar-refractivity contribution >= 4 is 11.6 Å². The number of para-hydroxylation sites is 1. The number of benzene rings is 2. The van der Waals surface area contributed by atoms with Crippen molar-refractivity contribution in [2.75, 3.05) is 25.0 Å². The molecule has 3 rings (SSSR count). The van der Waals surface area contributed by atoms with Crippen molar-refractivity contribution in [3.8, 4) is 0 Å². The monoisotopic (exact) mass is 364 g/mol. The molecule has 0 aliphatic carbocycles. The maximum atomic E-state index is 12.4. The van der Waals surface area contributed by atoms with E-state index in [1.165, 1.54) is 31.5 Å². The van der Waals surface area contributed by atoms with Gasteiger partial charge in [-0.15, -0.1) is 0 Å². The Morgan fingerprint density at radius 2 is 1.81 bits per heavy atom. The van der Waals surface area contributed by atoms with E-state index in [0.29, 0.717) is 0 Å². The smallest absolute Gasteiger partial charge is 0.227 e. The summed E-state index contributed by atoms with van der Waals surface area (Å²) in [4.78, 5) is 15.0. The molecular formula is C24H32N2O. The van der Waals surface area contributed by atoms with Gasteiger partial charge in [-0.05, 0) is 62.3 Å². The molecular weight excluding hydrogens is 332 g/mol. The molecule has 2 unspecified atom stereocenters. The van der Waals surface area contributed by atoms with E-state index < -0.39 is 0 Å². The van der Waals surface area contributed by atoms with Crippen molar-refractivity contribution in [3.05, 3.63) is 66.2 Å². The summed E-state index contributed by atoms with van der Waals surface area (Å²) in [5.41, 5.74) is 2.31. The van der Waals surface area contributed by atoms with E-state index in [4.69, 9.17) is 0 Å². The van der Waals surface area contributed by atoms with Crippen LogP contribution in [0, 0.1) is 11.8 Å². The first kappa shape index (κ1) is 19.6. The van der Waals surface area contributed by atoms with Gasteiger partial charge in [0.15, 0.2) is 0 Å². The minimum absolute atomic E-state index is 0.0601. The average molecular weight is 365 g/mol. The lowest BCUT2D eigenvalue weighted by atomic mass is 9.90. The third-order valence-electron chi connectivity index (χ3n) is 5.66. The van der Waals surface area contributed by atoms with Crippen LogP contribution in [-0.4, -0.2) is 30.4 Å². The third kappa shape index (κ3) is 6.51.